The topological polar surface area (TPSA) is 37.3 Å². The number of hydrogen-bond acceptors (Lipinski definition) is 1. The van der Waals surface area contributed by atoms with Gasteiger partial charge in [0.2, 0.25) is 0 Å². The van der Waals surface area contributed by atoms with Crippen LogP contribution in [0.4, 0.5) is 0 Å². The zero-order chi connectivity index (χ0) is 8.97. The third-order valence-corrected chi connectivity index (χ3v) is 3.57. The van der Waals surface area contributed by atoms with Crippen molar-refractivity contribution in [1.29, 1.82) is 0 Å². The van der Waals surface area contributed by atoms with E-state index in [1.807, 2.05) is 22.6 Å². The van der Waals surface area contributed by atoms with Gasteiger partial charge in [0.25, 0.3) is 0 Å². The fraction of sp³-hybridized carbons (Fsp3) is 0.889. The summed E-state index contributed by atoms with van der Waals surface area (Å²) in [6.45, 7) is 0. The molecule has 1 N–H and O–H groups in total. The van der Waals surface area contributed by atoms with E-state index in [2.05, 4.69) is 0 Å². The van der Waals surface area contributed by atoms with Crippen molar-refractivity contribution in [3.05, 3.63) is 0 Å². The van der Waals surface area contributed by atoms with Crippen molar-refractivity contribution in [2.75, 3.05) is 0 Å². The second-order valence-electron chi connectivity index (χ2n) is 3.55. The van der Waals surface area contributed by atoms with Gasteiger partial charge in [-0.25, -0.2) is 0 Å². The van der Waals surface area contributed by atoms with Crippen molar-refractivity contribution in [2.45, 2.75) is 42.4 Å². The summed E-state index contributed by atoms with van der Waals surface area (Å²) in [6, 6.07) is 0. The summed E-state index contributed by atoms with van der Waals surface area (Å²) in [5.41, 5.74) is 0. The average molecular weight is 282 g/mol. The third kappa shape index (κ3) is 3.29. The first-order valence-electron chi connectivity index (χ1n) is 4.57. The third-order valence-electron chi connectivity index (χ3n) is 2.53. The molecule has 0 aliphatic heterocycles. The van der Waals surface area contributed by atoms with E-state index in [9.17, 15) is 4.79 Å². The van der Waals surface area contributed by atoms with Gasteiger partial charge in [-0.3, -0.25) is 4.79 Å². The first-order chi connectivity index (χ1) is 5.70. The normalized spacial score (nSPS) is 22.1. The van der Waals surface area contributed by atoms with Gasteiger partial charge in [-0.15, -0.1) is 0 Å². The molecule has 0 amide bonds. The zero-order valence-corrected chi connectivity index (χ0v) is 9.29. The highest BCUT2D eigenvalue weighted by Gasteiger charge is 2.20. The number of aliphatic carboxylic acids is 1. The maximum absolute atomic E-state index is 10.6. The molecule has 0 bridgehead atoms. The number of carbonyl (C=O) groups is 1. The van der Waals surface area contributed by atoms with Crippen molar-refractivity contribution >= 4 is 28.6 Å². The van der Waals surface area contributed by atoms with Gasteiger partial charge in [0, 0.05) is 0 Å². The number of carboxylic acids is 1. The predicted octanol–water partition coefficient (Wildman–Crippen LogP) is 2.85. The maximum Gasteiger partial charge on any atom is 0.316 e. The molecule has 0 aromatic carbocycles. The fourth-order valence-corrected chi connectivity index (χ4v) is 2.54. The van der Waals surface area contributed by atoms with E-state index >= 15 is 0 Å². The van der Waals surface area contributed by atoms with Gasteiger partial charge in [0.15, 0.2) is 0 Å². The largest absolute Gasteiger partial charge is 0.480 e. The summed E-state index contributed by atoms with van der Waals surface area (Å²) in [5.74, 6) is 0.0259. The molecule has 0 spiro atoms. The molecule has 1 saturated carbocycles. The predicted molar refractivity (Wildman–Crippen MR) is 56.6 cm³/mol. The van der Waals surface area contributed by atoms with Gasteiger partial charge >= 0.3 is 5.97 Å². The molecule has 1 unspecified atom stereocenters. The molecule has 1 fully saturated rings. The lowest BCUT2D eigenvalue weighted by molar-refractivity contribution is -0.136. The van der Waals surface area contributed by atoms with E-state index in [4.69, 9.17) is 5.11 Å². The van der Waals surface area contributed by atoms with Crippen LogP contribution in [0.2, 0.25) is 0 Å². The minimum atomic E-state index is -0.652. The summed E-state index contributed by atoms with van der Waals surface area (Å²) < 4.78 is -0.175. The molecule has 1 atom stereocenters. The van der Waals surface area contributed by atoms with Crippen LogP contribution in [0.3, 0.4) is 0 Å². The molecule has 1 rings (SSSR count). The van der Waals surface area contributed by atoms with Crippen LogP contribution in [0.25, 0.3) is 0 Å². The minimum Gasteiger partial charge on any atom is -0.480 e. The van der Waals surface area contributed by atoms with E-state index < -0.39 is 5.97 Å². The lowest BCUT2D eigenvalue weighted by atomic mass is 9.86. The molecular weight excluding hydrogens is 267 g/mol. The van der Waals surface area contributed by atoms with Gasteiger partial charge in [0.1, 0.15) is 3.92 Å². The molecule has 3 heteroatoms. The average Bonchev–Trinajstić information content (AvgIpc) is 2.06. The summed E-state index contributed by atoms with van der Waals surface area (Å²) in [6.07, 6.45) is 7.30. The number of rotatable bonds is 3. The number of carboxylic acid groups (broad SMARTS) is 1. The van der Waals surface area contributed by atoms with Crippen LogP contribution < -0.4 is 0 Å². The van der Waals surface area contributed by atoms with Crippen molar-refractivity contribution in [3.8, 4) is 0 Å². The Balaban J connectivity index is 2.24. The zero-order valence-electron chi connectivity index (χ0n) is 7.13. The summed E-state index contributed by atoms with van der Waals surface area (Å²) in [5, 5.41) is 8.71. The second-order valence-corrected chi connectivity index (χ2v) is 5.05. The Kier molecular flexibility index (Phi) is 4.32. The highest BCUT2D eigenvalue weighted by Crippen LogP contribution is 2.29. The monoisotopic (exact) mass is 282 g/mol. The van der Waals surface area contributed by atoms with Crippen molar-refractivity contribution < 1.29 is 9.90 Å². The Morgan fingerprint density at radius 3 is 2.50 bits per heavy atom. The van der Waals surface area contributed by atoms with Crippen LogP contribution in [0.5, 0.6) is 0 Å². The number of alkyl halides is 1. The fourth-order valence-electron chi connectivity index (χ4n) is 1.82. The molecule has 0 heterocycles. The quantitative estimate of drug-likeness (QED) is 0.638. The van der Waals surface area contributed by atoms with Crippen LogP contribution >= 0.6 is 22.6 Å². The Labute approximate surface area is 86.9 Å². The lowest BCUT2D eigenvalue weighted by Gasteiger charge is -2.22. The molecule has 12 heavy (non-hydrogen) atoms. The van der Waals surface area contributed by atoms with Crippen molar-refractivity contribution in [1.82, 2.24) is 0 Å². The van der Waals surface area contributed by atoms with E-state index in [-0.39, 0.29) is 3.92 Å². The molecule has 70 valence electrons. The van der Waals surface area contributed by atoms with E-state index in [0.29, 0.717) is 5.92 Å². The summed E-state index contributed by atoms with van der Waals surface area (Å²) in [4.78, 5) is 10.6. The Bertz CT molecular complexity index is 153. The smallest absolute Gasteiger partial charge is 0.316 e. The second kappa shape index (κ2) is 5.04. The van der Waals surface area contributed by atoms with E-state index in [0.717, 1.165) is 6.42 Å². The first-order valence-corrected chi connectivity index (χ1v) is 5.81. The highest BCUT2D eigenvalue weighted by atomic mass is 127. The van der Waals surface area contributed by atoms with Gasteiger partial charge in [-0.05, 0) is 12.3 Å². The van der Waals surface area contributed by atoms with Crippen LogP contribution in [-0.2, 0) is 4.79 Å². The van der Waals surface area contributed by atoms with E-state index in [1.54, 1.807) is 0 Å². The molecule has 2 nitrogen and oxygen atoms in total. The highest BCUT2D eigenvalue weighted by molar-refractivity contribution is 14.1. The van der Waals surface area contributed by atoms with Crippen LogP contribution in [-0.4, -0.2) is 15.0 Å². The summed E-state index contributed by atoms with van der Waals surface area (Å²) in [7, 11) is 0. The van der Waals surface area contributed by atoms with Crippen LogP contribution in [0, 0.1) is 5.92 Å². The summed E-state index contributed by atoms with van der Waals surface area (Å²) >= 11 is 2.03. The van der Waals surface area contributed by atoms with Crippen LogP contribution in [0.15, 0.2) is 0 Å². The molecule has 0 saturated heterocycles. The molecule has 0 aromatic heterocycles. The van der Waals surface area contributed by atoms with Crippen molar-refractivity contribution in [2.24, 2.45) is 5.92 Å². The molecule has 1 aliphatic carbocycles. The van der Waals surface area contributed by atoms with Gasteiger partial charge in [-0.1, -0.05) is 54.7 Å². The van der Waals surface area contributed by atoms with Gasteiger partial charge in [0.05, 0.1) is 0 Å². The molecular formula is C9H15IO2. The lowest BCUT2D eigenvalue weighted by Crippen LogP contribution is -2.18. The van der Waals surface area contributed by atoms with Crippen molar-refractivity contribution in [3.63, 3.8) is 0 Å². The van der Waals surface area contributed by atoms with Crippen LogP contribution in [0.1, 0.15) is 38.5 Å². The standard InChI is InChI=1S/C9H15IO2/c10-8(9(11)12)6-7-4-2-1-3-5-7/h7-8H,1-6H2,(H,11,12). The number of halogens is 1. The minimum absolute atomic E-state index is 0.175. The Morgan fingerprint density at radius 2 is 2.00 bits per heavy atom. The maximum atomic E-state index is 10.6. The Morgan fingerprint density at radius 1 is 1.42 bits per heavy atom. The van der Waals surface area contributed by atoms with Gasteiger partial charge in [-0.2, -0.15) is 0 Å². The molecule has 0 radical (unpaired) electrons. The number of hydrogen-bond donors (Lipinski definition) is 1. The molecule has 1 aliphatic rings. The Hall–Kier alpha value is 0.200. The SMILES string of the molecule is O=C(O)C(I)CC1CCCCC1. The molecule has 0 aromatic rings. The van der Waals surface area contributed by atoms with Gasteiger partial charge < -0.3 is 5.11 Å². The first kappa shape index (κ1) is 10.3. The van der Waals surface area contributed by atoms with E-state index in [1.165, 1.54) is 32.1 Å².